The van der Waals surface area contributed by atoms with Gasteiger partial charge >= 0.3 is 0 Å². The first-order valence-electron chi connectivity index (χ1n) is 7.01. The highest BCUT2D eigenvalue weighted by Crippen LogP contribution is 2.10. The predicted octanol–water partition coefficient (Wildman–Crippen LogP) is 2.07. The SMILES string of the molecule is CCNC(=O)c1cc(NCCc2ccc(N)cc2)ccn1. The van der Waals surface area contributed by atoms with Gasteiger partial charge in [-0.15, -0.1) is 0 Å². The molecule has 1 amide bonds. The van der Waals surface area contributed by atoms with E-state index in [1.54, 1.807) is 12.3 Å². The van der Waals surface area contributed by atoms with Gasteiger partial charge in [0.25, 0.3) is 5.91 Å². The minimum Gasteiger partial charge on any atom is -0.399 e. The minimum absolute atomic E-state index is 0.153. The molecule has 4 N–H and O–H groups in total. The number of pyridine rings is 1. The van der Waals surface area contributed by atoms with E-state index in [1.165, 1.54) is 5.56 Å². The molecule has 0 saturated heterocycles. The number of carbonyl (C=O) groups excluding carboxylic acids is 1. The van der Waals surface area contributed by atoms with E-state index in [9.17, 15) is 4.79 Å². The molecule has 5 nitrogen and oxygen atoms in total. The lowest BCUT2D eigenvalue weighted by molar-refractivity contribution is 0.0951. The van der Waals surface area contributed by atoms with Gasteiger partial charge in [-0.2, -0.15) is 0 Å². The average molecular weight is 284 g/mol. The third-order valence-corrected chi connectivity index (χ3v) is 3.05. The Morgan fingerprint density at radius 3 is 2.71 bits per heavy atom. The fraction of sp³-hybridized carbons (Fsp3) is 0.250. The van der Waals surface area contributed by atoms with E-state index in [1.807, 2.05) is 37.3 Å². The smallest absolute Gasteiger partial charge is 0.269 e. The van der Waals surface area contributed by atoms with Crippen LogP contribution in [0.4, 0.5) is 11.4 Å². The number of hydrogen-bond donors (Lipinski definition) is 3. The van der Waals surface area contributed by atoms with Crippen LogP contribution < -0.4 is 16.4 Å². The number of hydrogen-bond acceptors (Lipinski definition) is 4. The molecule has 0 aliphatic carbocycles. The predicted molar refractivity (Wildman–Crippen MR) is 85.3 cm³/mol. The third kappa shape index (κ3) is 4.49. The zero-order valence-corrected chi connectivity index (χ0v) is 12.1. The fourth-order valence-electron chi connectivity index (χ4n) is 1.95. The minimum atomic E-state index is -0.153. The van der Waals surface area contributed by atoms with Gasteiger partial charge in [-0.25, -0.2) is 0 Å². The lowest BCUT2D eigenvalue weighted by Gasteiger charge is -2.08. The molecule has 1 aromatic heterocycles. The van der Waals surface area contributed by atoms with E-state index in [0.717, 1.165) is 24.3 Å². The molecular weight excluding hydrogens is 264 g/mol. The van der Waals surface area contributed by atoms with Crippen LogP contribution in [0.3, 0.4) is 0 Å². The first-order chi connectivity index (χ1) is 10.2. The Labute approximate surface area is 124 Å². The van der Waals surface area contributed by atoms with Crippen LogP contribution in [0.2, 0.25) is 0 Å². The third-order valence-electron chi connectivity index (χ3n) is 3.05. The van der Waals surface area contributed by atoms with Crippen LogP contribution in [0.1, 0.15) is 23.0 Å². The molecular formula is C16H20N4O. The van der Waals surface area contributed by atoms with Crippen LogP contribution in [0, 0.1) is 0 Å². The number of carbonyl (C=O) groups is 1. The molecule has 0 aliphatic rings. The molecule has 0 saturated carbocycles. The summed E-state index contributed by atoms with van der Waals surface area (Å²) in [7, 11) is 0. The molecule has 21 heavy (non-hydrogen) atoms. The standard InChI is InChI=1S/C16H20N4O/c1-2-18-16(21)15-11-14(8-10-20-15)19-9-7-12-3-5-13(17)6-4-12/h3-6,8,10-11H,2,7,9,17H2,1H3,(H,18,21)(H,19,20). The molecule has 2 aromatic rings. The molecule has 110 valence electrons. The second-order valence-electron chi connectivity index (χ2n) is 4.71. The fourth-order valence-corrected chi connectivity index (χ4v) is 1.95. The normalized spacial score (nSPS) is 10.1. The van der Waals surface area contributed by atoms with E-state index < -0.39 is 0 Å². The van der Waals surface area contributed by atoms with Gasteiger partial charge in [0.15, 0.2) is 0 Å². The zero-order valence-electron chi connectivity index (χ0n) is 12.1. The highest BCUT2D eigenvalue weighted by atomic mass is 16.1. The second-order valence-corrected chi connectivity index (χ2v) is 4.71. The second kappa shape index (κ2) is 7.28. The summed E-state index contributed by atoms with van der Waals surface area (Å²) < 4.78 is 0. The lowest BCUT2D eigenvalue weighted by atomic mass is 10.1. The van der Waals surface area contributed by atoms with E-state index in [2.05, 4.69) is 15.6 Å². The van der Waals surface area contributed by atoms with Gasteiger partial charge in [0, 0.05) is 30.7 Å². The van der Waals surface area contributed by atoms with E-state index in [4.69, 9.17) is 5.73 Å². The van der Waals surface area contributed by atoms with Crippen molar-refractivity contribution in [2.45, 2.75) is 13.3 Å². The van der Waals surface area contributed by atoms with E-state index in [0.29, 0.717) is 12.2 Å². The van der Waals surface area contributed by atoms with Gasteiger partial charge < -0.3 is 16.4 Å². The molecule has 0 atom stereocenters. The number of nitrogens with one attached hydrogen (secondary N) is 2. The van der Waals surface area contributed by atoms with Crippen molar-refractivity contribution < 1.29 is 4.79 Å². The number of nitrogens with zero attached hydrogens (tertiary/aromatic N) is 1. The topological polar surface area (TPSA) is 80.0 Å². The number of amides is 1. The number of rotatable bonds is 6. The molecule has 1 aromatic carbocycles. The number of nitrogens with two attached hydrogens (primary N) is 1. The van der Waals surface area contributed by atoms with Crippen molar-refractivity contribution in [3.8, 4) is 0 Å². The summed E-state index contributed by atoms with van der Waals surface area (Å²) >= 11 is 0. The Hall–Kier alpha value is -2.56. The molecule has 2 rings (SSSR count). The van der Waals surface area contributed by atoms with Gasteiger partial charge in [-0.3, -0.25) is 9.78 Å². The average Bonchev–Trinajstić information content (AvgIpc) is 2.50. The van der Waals surface area contributed by atoms with Gasteiger partial charge in [-0.05, 0) is 43.2 Å². The Morgan fingerprint density at radius 1 is 1.24 bits per heavy atom. The summed E-state index contributed by atoms with van der Waals surface area (Å²) in [5.41, 5.74) is 8.96. The zero-order chi connectivity index (χ0) is 15.1. The molecule has 5 heteroatoms. The molecule has 0 aliphatic heterocycles. The quantitative estimate of drug-likeness (QED) is 0.709. The maximum absolute atomic E-state index is 11.7. The lowest BCUT2D eigenvalue weighted by Crippen LogP contribution is -2.23. The van der Waals surface area contributed by atoms with Crippen LogP contribution in [0.15, 0.2) is 42.6 Å². The molecule has 0 unspecified atom stereocenters. The first-order valence-corrected chi connectivity index (χ1v) is 7.01. The first kappa shape index (κ1) is 14.8. The Kier molecular flexibility index (Phi) is 5.15. The van der Waals surface area contributed by atoms with Crippen LogP contribution in [-0.2, 0) is 6.42 Å². The van der Waals surface area contributed by atoms with Crippen molar-refractivity contribution in [2.75, 3.05) is 24.1 Å². The van der Waals surface area contributed by atoms with Crippen molar-refractivity contribution in [2.24, 2.45) is 0 Å². The summed E-state index contributed by atoms with van der Waals surface area (Å²) in [6.07, 6.45) is 2.52. The molecule has 0 bridgehead atoms. The summed E-state index contributed by atoms with van der Waals surface area (Å²) in [6, 6.07) is 11.4. The molecule has 0 spiro atoms. The van der Waals surface area contributed by atoms with Gasteiger partial charge in [-0.1, -0.05) is 12.1 Å². The Balaban J connectivity index is 1.89. The number of benzene rings is 1. The van der Waals surface area contributed by atoms with Gasteiger partial charge in [0.1, 0.15) is 5.69 Å². The molecule has 0 radical (unpaired) electrons. The number of nitrogen functional groups attached to an aromatic ring is 1. The maximum atomic E-state index is 11.7. The van der Waals surface area contributed by atoms with Crippen LogP contribution in [0.5, 0.6) is 0 Å². The summed E-state index contributed by atoms with van der Waals surface area (Å²) in [4.78, 5) is 15.8. The Bertz CT molecular complexity index is 595. The monoisotopic (exact) mass is 284 g/mol. The van der Waals surface area contributed by atoms with Crippen molar-refractivity contribution in [3.05, 3.63) is 53.9 Å². The van der Waals surface area contributed by atoms with Crippen LogP contribution >= 0.6 is 0 Å². The molecule has 0 fully saturated rings. The van der Waals surface area contributed by atoms with Crippen LogP contribution in [0.25, 0.3) is 0 Å². The summed E-state index contributed by atoms with van der Waals surface area (Å²) in [5, 5.41) is 6.03. The highest BCUT2D eigenvalue weighted by Gasteiger charge is 2.06. The maximum Gasteiger partial charge on any atom is 0.269 e. The number of aromatic nitrogens is 1. The van der Waals surface area contributed by atoms with E-state index >= 15 is 0 Å². The largest absolute Gasteiger partial charge is 0.399 e. The van der Waals surface area contributed by atoms with Crippen molar-refractivity contribution in [1.82, 2.24) is 10.3 Å². The number of anilines is 2. The van der Waals surface area contributed by atoms with Gasteiger partial charge in [0.05, 0.1) is 0 Å². The van der Waals surface area contributed by atoms with Gasteiger partial charge in [0.2, 0.25) is 0 Å². The van der Waals surface area contributed by atoms with Crippen molar-refractivity contribution >= 4 is 17.3 Å². The highest BCUT2D eigenvalue weighted by molar-refractivity contribution is 5.93. The molecule has 1 heterocycles. The van der Waals surface area contributed by atoms with E-state index in [-0.39, 0.29) is 5.91 Å². The van der Waals surface area contributed by atoms with Crippen LogP contribution in [-0.4, -0.2) is 24.0 Å². The Morgan fingerprint density at radius 2 is 2.00 bits per heavy atom. The van der Waals surface area contributed by atoms with Crippen molar-refractivity contribution in [3.63, 3.8) is 0 Å². The van der Waals surface area contributed by atoms with Crippen molar-refractivity contribution in [1.29, 1.82) is 0 Å². The summed E-state index contributed by atoms with van der Waals surface area (Å²) in [6.45, 7) is 3.25. The summed E-state index contributed by atoms with van der Waals surface area (Å²) in [5.74, 6) is -0.153.